The average Bonchev–Trinajstić information content (AvgIpc) is 2.55. The van der Waals surface area contributed by atoms with Gasteiger partial charge in [-0.3, -0.25) is 0 Å². The summed E-state index contributed by atoms with van der Waals surface area (Å²) in [4.78, 5) is 14.0. The molecule has 128 valence electrons. The molecule has 1 aliphatic heterocycles. The summed E-state index contributed by atoms with van der Waals surface area (Å²) in [7, 11) is 0. The molecule has 23 heavy (non-hydrogen) atoms. The molecule has 1 heterocycles. The van der Waals surface area contributed by atoms with E-state index >= 15 is 0 Å². The Morgan fingerprint density at radius 2 is 2.35 bits per heavy atom. The molecule has 2 rings (SSSR count). The van der Waals surface area contributed by atoms with Crippen LogP contribution in [0.15, 0.2) is 18.2 Å². The molecule has 1 saturated heterocycles. The summed E-state index contributed by atoms with van der Waals surface area (Å²) in [6, 6.07) is 4.81. The number of carbonyl (C=O) groups is 1. The highest BCUT2D eigenvalue weighted by atomic mass is 19.1. The first kappa shape index (κ1) is 17.7. The van der Waals surface area contributed by atoms with E-state index in [4.69, 9.17) is 9.84 Å². The van der Waals surface area contributed by atoms with Crippen molar-refractivity contribution in [2.45, 2.75) is 38.8 Å². The number of nitrogens with one attached hydrogen (secondary N) is 1. The maximum absolute atomic E-state index is 13.4. The number of carbonyl (C=O) groups excluding carboxylic acids is 1. The van der Waals surface area contributed by atoms with Gasteiger partial charge in [0.15, 0.2) is 0 Å². The summed E-state index contributed by atoms with van der Waals surface area (Å²) < 4.78 is 19.1. The number of nitrogens with zero attached hydrogens (tertiary/aromatic N) is 1. The number of urea groups is 1. The SMILES string of the molecule is Cc1cc(C2CN(C(=O)NC(C)CCCO)CCO2)ccc1F. The maximum atomic E-state index is 13.4. The molecule has 1 fully saturated rings. The van der Waals surface area contributed by atoms with E-state index in [0.717, 1.165) is 12.0 Å². The van der Waals surface area contributed by atoms with Gasteiger partial charge in [-0.25, -0.2) is 9.18 Å². The van der Waals surface area contributed by atoms with Gasteiger partial charge in [0.1, 0.15) is 11.9 Å². The van der Waals surface area contributed by atoms with Crippen molar-refractivity contribution in [3.63, 3.8) is 0 Å². The van der Waals surface area contributed by atoms with Crippen LogP contribution >= 0.6 is 0 Å². The molecular weight excluding hydrogens is 299 g/mol. The fourth-order valence-corrected chi connectivity index (χ4v) is 2.68. The standard InChI is InChI=1S/C17H25FN2O3/c1-12-10-14(5-6-15(12)18)16-11-20(7-9-23-16)17(22)19-13(2)4-3-8-21/h5-6,10,13,16,21H,3-4,7-9,11H2,1-2H3,(H,19,22). The molecule has 2 unspecified atom stereocenters. The van der Waals surface area contributed by atoms with Gasteiger partial charge in [0.25, 0.3) is 0 Å². The van der Waals surface area contributed by atoms with Crippen molar-refractivity contribution in [3.8, 4) is 0 Å². The largest absolute Gasteiger partial charge is 0.396 e. The number of aliphatic hydroxyl groups is 1. The minimum absolute atomic E-state index is 0.0176. The molecule has 1 aromatic rings. The monoisotopic (exact) mass is 324 g/mol. The molecular formula is C17H25FN2O3. The third-order valence-electron chi connectivity index (χ3n) is 4.07. The lowest BCUT2D eigenvalue weighted by molar-refractivity contribution is -0.0158. The lowest BCUT2D eigenvalue weighted by atomic mass is 10.0. The summed E-state index contributed by atoms with van der Waals surface area (Å²) >= 11 is 0. The molecule has 2 atom stereocenters. The van der Waals surface area contributed by atoms with Gasteiger partial charge in [0.05, 0.1) is 13.2 Å². The Hall–Kier alpha value is -1.66. The number of hydrogen-bond donors (Lipinski definition) is 2. The highest BCUT2D eigenvalue weighted by molar-refractivity contribution is 5.74. The van der Waals surface area contributed by atoms with Crippen molar-refractivity contribution in [2.24, 2.45) is 0 Å². The Bertz CT molecular complexity index is 539. The molecule has 0 aliphatic carbocycles. The van der Waals surface area contributed by atoms with Gasteiger partial charge in [0.2, 0.25) is 0 Å². The van der Waals surface area contributed by atoms with Gasteiger partial charge < -0.3 is 20.1 Å². The number of amides is 2. The summed E-state index contributed by atoms with van der Waals surface area (Å²) in [5, 5.41) is 11.8. The zero-order chi connectivity index (χ0) is 16.8. The highest BCUT2D eigenvalue weighted by Crippen LogP contribution is 2.24. The van der Waals surface area contributed by atoms with Crippen LogP contribution in [0.25, 0.3) is 0 Å². The van der Waals surface area contributed by atoms with Crippen molar-refractivity contribution in [3.05, 3.63) is 35.1 Å². The van der Waals surface area contributed by atoms with E-state index in [0.29, 0.717) is 31.7 Å². The number of aliphatic hydroxyl groups excluding tert-OH is 1. The molecule has 0 spiro atoms. The van der Waals surface area contributed by atoms with E-state index < -0.39 is 0 Å². The van der Waals surface area contributed by atoms with Crippen LogP contribution in [0.1, 0.15) is 37.0 Å². The molecule has 2 N–H and O–H groups in total. The van der Waals surface area contributed by atoms with E-state index in [1.165, 1.54) is 6.07 Å². The number of rotatable bonds is 5. The van der Waals surface area contributed by atoms with Crippen LogP contribution in [0.2, 0.25) is 0 Å². The Balaban J connectivity index is 1.94. The fraction of sp³-hybridized carbons (Fsp3) is 0.588. The molecule has 0 bridgehead atoms. The van der Waals surface area contributed by atoms with Gasteiger partial charge in [-0.2, -0.15) is 0 Å². The topological polar surface area (TPSA) is 61.8 Å². The second-order valence-corrected chi connectivity index (χ2v) is 6.03. The smallest absolute Gasteiger partial charge is 0.317 e. The van der Waals surface area contributed by atoms with Gasteiger partial charge >= 0.3 is 6.03 Å². The molecule has 5 nitrogen and oxygen atoms in total. The van der Waals surface area contributed by atoms with Gasteiger partial charge in [0, 0.05) is 19.2 Å². The van der Waals surface area contributed by atoms with Crippen LogP contribution in [0.3, 0.4) is 0 Å². The number of ether oxygens (including phenoxy) is 1. The lowest BCUT2D eigenvalue weighted by Crippen LogP contribution is -2.49. The summed E-state index contributed by atoms with van der Waals surface area (Å²) in [6.45, 7) is 5.21. The van der Waals surface area contributed by atoms with Gasteiger partial charge in [-0.1, -0.05) is 12.1 Å². The van der Waals surface area contributed by atoms with Crippen LogP contribution in [0.4, 0.5) is 9.18 Å². The van der Waals surface area contributed by atoms with E-state index in [9.17, 15) is 9.18 Å². The van der Waals surface area contributed by atoms with Crippen LogP contribution in [0, 0.1) is 12.7 Å². The molecule has 0 radical (unpaired) electrons. The van der Waals surface area contributed by atoms with Crippen molar-refractivity contribution in [1.29, 1.82) is 0 Å². The molecule has 0 aromatic heterocycles. The van der Waals surface area contributed by atoms with Crippen molar-refractivity contribution in [1.82, 2.24) is 10.2 Å². The van der Waals surface area contributed by atoms with Crippen molar-refractivity contribution in [2.75, 3.05) is 26.3 Å². The quantitative estimate of drug-likeness (QED) is 0.874. The first-order chi connectivity index (χ1) is 11.0. The number of benzene rings is 1. The second-order valence-electron chi connectivity index (χ2n) is 6.03. The minimum atomic E-state index is -0.239. The fourth-order valence-electron chi connectivity index (χ4n) is 2.68. The van der Waals surface area contributed by atoms with E-state index in [1.807, 2.05) is 6.92 Å². The van der Waals surface area contributed by atoms with Crippen molar-refractivity contribution < 1.29 is 19.0 Å². The number of aryl methyl sites for hydroxylation is 1. The third-order valence-corrected chi connectivity index (χ3v) is 4.07. The third kappa shape index (κ3) is 4.91. The first-order valence-electron chi connectivity index (χ1n) is 8.05. The summed E-state index contributed by atoms with van der Waals surface area (Å²) in [5.74, 6) is -0.239. The molecule has 6 heteroatoms. The highest BCUT2D eigenvalue weighted by Gasteiger charge is 2.26. The second kappa shape index (κ2) is 8.26. The Morgan fingerprint density at radius 3 is 3.04 bits per heavy atom. The van der Waals surface area contributed by atoms with Gasteiger partial charge in [-0.15, -0.1) is 0 Å². The lowest BCUT2D eigenvalue weighted by Gasteiger charge is -2.34. The Kier molecular flexibility index (Phi) is 6.36. The predicted octanol–water partition coefficient (Wildman–Crippen LogP) is 2.38. The van der Waals surface area contributed by atoms with Crippen LogP contribution in [-0.4, -0.2) is 48.4 Å². The number of halogens is 1. The summed E-state index contributed by atoms with van der Waals surface area (Å²) in [5.41, 5.74) is 1.46. The first-order valence-corrected chi connectivity index (χ1v) is 8.05. The number of hydrogen-bond acceptors (Lipinski definition) is 3. The average molecular weight is 324 g/mol. The van der Waals surface area contributed by atoms with E-state index in [2.05, 4.69) is 5.32 Å². The molecule has 0 saturated carbocycles. The summed E-state index contributed by atoms with van der Waals surface area (Å²) in [6.07, 6.45) is 1.18. The molecule has 1 aliphatic rings. The van der Waals surface area contributed by atoms with E-state index in [1.54, 1.807) is 24.0 Å². The molecule has 1 aromatic carbocycles. The Morgan fingerprint density at radius 1 is 1.57 bits per heavy atom. The van der Waals surface area contributed by atoms with Crippen LogP contribution in [-0.2, 0) is 4.74 Å². The zero-order valence-corrected chi connectivity index (χ0v) is 13.7. The number of morpholine rings is 1. The van der Waals surface area contributed by atoms with Gasteiger partial charge in [-0.05, 0) is 43.9 Å². The van der Waals surface area contributed by atoms with Crippen LogP contribution in [0.5, 0.6) is 0 Å². The zero-order valence-electron chi connectivity index (χ0n) is 13.7. The van der Waals surface area contributed by atoms with E-state index in [-0.39, 0.29) is 30.6 Å². The Labute approximate surface area is 136 Å². The van der Waals surface area contributed by atoms with Crippen LogP contribution < -0.4 is 5.32 Å². The minimum Gasteiger partial charge on any atom is -0.396 e. The maximum Gasteiger partial charge on any atom is 0.317 e. The predicted molar refractivity (Wildman–Crippen MR) is 85.7 cm³/mol. The molecule has 2 amide bonds. The normalized spacial score (nSPS) is 19.5. The van der Waals surface area contributed by atoms with Crippen molar-refractivity contribution >= 4 is 6.03 Å².